The van der Waals surface area contributed by atoms with Gasteiger partial charge in [0.05, 0.1) is 0 Å². The van der Waals surface area contributed by atoms with Gasteiger partial charge in [0, 0.05) is 39.7 Å². The van der Waals surface area contributed by atoms with Crippen LogP contribution < -0.4 is 5.32 Å². The predicted molar refractivity (Wildman–Crippen MR) is 84.0 cm³/mol. The Hall–Kier alpha value is -1.87. The van der Waals surface area contributed by atoms with Crippen LogP contribution in [0.3, 0.4) is 0 Å². The van der Waals surface area contributed by atoms with Crippen LogP contribution in [-0.2, 0) is 6.42 Å². The standard InChI is InChI=1S/C17H17NOS/c1-17(2)11-16-13(8-9-20-16)14(18-17)10-15(19)12-6-4-3-5-7-12/h3-10,18H,11H2,1-2H3/b14-10-. The van der Waals surface area contributed by atoms with Crippen LogP contribution in [0.5, 0.6) is 0 Å². The average molecular weight is 283 g/mol. The first kappa shape index (κ1) is 13.1. The molecule has 2 heterocycles. The molecule has 1 aromatic carbocycles. The van der Waals surface area contributed by atoms with Gasteiger partial charge in [-0.05, 0) is 25.3 Å². The van der Waals surface area contributed by atoms with Gasteiger partial charge in [0.1, 0.15) is 0 Å². The summed E-state index contributed by atoms with van der Waals surface area (Å²) in [6, 6.07) is 11.5. The third-order valence-corrected chi connectivity index (χ3v) is 4.37. The zero-order chi connectivity index (χ0) is 14.2. The Morgan fingerprint density at radius 3 is 2.75 bits per heavy atom. The number of rotatable bonds is 2. The Kier molecular flexibility index (Phi) is 3.22. The van der Waals surface area contributed by atoms with Gasteiger partial charge in [0.15, 0.2) is 5.78 Å². The first-order valence-corrected chi connectivity index (χ1v) is 7.59. The molecule has 1 aromatic heterocycles. The van der Waals surface area contributed by atoms with E-state index in [4.69, 9.17) is 0 Å². The highest BCUT2D eigenvalue weighted by Crippen LogP contribution is 2.33. The highest BCUT2D eigenvalue weighted by atomic mass is 32.1. The largest absolute Gasteiger partial charge is 0.379 e. The number of carbonyl (C=O) groups is 1. The second kappa shape index (κ2) is 4.91. The van der Waals surface area contributed by atoms with E-state index in [-0.39, 0.29) is 11.3 Å². The Labute approximate surface area is 123 Å². The molecule has 0 radical (unpaired) electrons. The molecule has 1 aliphatic heterocycles. The Balaban J connectivity index is 1.98. The van der Waals surface area contributed by atoms with Crippen LogP contribution in [-0.4, -0.2) is 11.3 Å². The Morgan fingerprint density at radius 2 is 2.00 bits per heavy atom. The number of hydrogen-bond acceptors (Lipinski definition) is 3. The van der Waals surface area contributed by atoms with Gasteiger partial charge in [-0.2, -0.15) is 0 Å². The lowest BCUT2D eigenvalue weighted by Gasteiger charge is -2.33. The molecule has 3 heteroatoms. The van der Waals surface area contributed by atoms with Gasteiger partial charge in [0.25, 0.3) is 0 Å². The molecule has 0 spiro atoms. The van der Waals surface area contributed by atoms with Gasteiger partial charge in [0.2, 0.25) is 0 Å². The minimum atomic E-state index is -0.0132. The van der Waals surface area contributed by atoms with Gasteiger partial charge in [-0.3, -0.25) is 4.79 Å². The number of allylic oxidation sites excluding steroid dienone is 1. The molecule has 0 unspecified atom stereocenters. The van der Waals surface area contributed by atoms with Gasteiger partial charge in [-0.15, -0.1) is 11.3 Å². The lowest BCUT2D eigenvalue weighted by atomic mass is 9.91. The van der Waals surface area contributed by atoms with E-state index in [9.17, 15) is 4.79 Å². The molecule has 0 atom stereocenters. The maximum Gasteiger partial charge on any atom is 0.187 e. The van der Waals surface area contributed by atoms with Gasteiger partial charge < -0.3 is 5.32 Å². The molecule has 0 fully saturated rings. The lowest BCUT2D eigenvalue weighted by molar-refractivity contribution is 0.104. The van der Waals surface area contributed by atoms with E-state index in [0.717, 1.165) is 17.7 Å². The number of ketones is 1. The van der Waals surface area contributed by atoms with E-state index in [1.165, 1.54) is 10.4 Å². The zero-order valence-corrected chi connectivity index (χ0v) is 12.5. The monoisotopic (exact) mass is 283 g/mol. The predicted octanol–water partition coefficient (Wildman–Crippen LogP) is 3.90. The van der Waals surface area contributed by atoms with Crippen LogP contribution >= 0.6 is 11.3 Å². The first-order chi connectivity index (χ1) is 9.55. The van der Waals surface area contributed by atoms with Crippen molar-refractivity contribution in [1.82, 2.24) is 5.32 Å². The quantitative estimate of drug-likeness (QED) is 0.669. The Bertz CT molecular complexity index is 667. The van der Waals surface area contributed by atoms with E-state index in [2.05, 4.69) is 30.6 Å². The molecular weight excluding hydrogens is 266 g/mol. The number of thiophene rings is 1. The van der Waals surface area contributed by atoms with Gasteiger partial charge >= 0.3 is 0 Å². The van der Waals surface area contributed by atoms with Crippen molar-refractivity contribution < 1.29 is 4.79 Å². The summed E-state index contributed by atoms with van der Waals surface area (Å²) in [6.07, 6.45) is 2.72. The molecule has 2 nitrogen and oxygen atoms in total. The second-order valence-corrected chi connectivity index (χ2v) is 6.73. The lowest BCUT2D eigenvalue weighted by Crippen LogP contribution is -2.43. The number of benzene rings is 1. The maximum absolute atomic E-state index is 12.3. The van der Waals surface area contributed by atoms with E-state index < -0.39 is 0 Å². The molecule has 2 aromatic rings. The molecule has 0 saturated carbocycles. The van der Waals surface area contributed by atoms with E-state index in [1.54, 1.807) is 17.4 Å². The molecule has 0 saturated heterocycles. The van der Waals surface area contributed by atoms with Crippen LogP contribution in [0.2, 0.25) is 0 Å². The number of hydrogen-bond donors (Lipinski definition) is 1. The SMILES string of the molecule is CC1(C)Cc2sccc2/C(=C/C(=O)c2ccccc2)N1. The zero-order valence-electron chi connectivity index (χ0n) is 11.6. The summed E-state index contributed by atoms with van der Waals surface area (Å²) in [5, 5.41) is 5.57. The molecule has 3 rings (SSSR count). The van der Waals surface area contributed by atoms with Crippen LogP contribution in [0.15, 0.2) is 47.9 Å². The molecule has 0 aliphatic carbocycles. The average Bonchev–Trinajstić information content (AvgIpc) is 2.86. The molecule has 1 aliphatic rings. The number of nitrogens with one attached hydrogen (secondary N) is 1. The maximum atomic E-state index is 12.3. The number of carbonyl (C=O) groups excluding carboxylic acids is 1. The topological polar surface area (TPSA) is 29.1 Å². The minimum absolute atomic E-state index is 0.0132. The van der Waals surface area contributed by atoms with Crippen molar-refractivity contribution in [2.75, 3.05) is 0 Å². The third-order valence-electron chi connectivity index (χ3n) is 3.44. The first-order valence-electron chi connectivity index (χ1n) is 6.71. The van der Waals surface area contributed by atoms with Crippen molar-refractivity contribution in [3.63, 3.8) is 0 Å². The fourth-order valence-electron chi connectivity index (χ4n) is 2.53. The molecule has 0 amide bonds. The van der Waals surface area contributed by atoms with Crippen molar-refractivity contribution in [3.8, 4) is 0 Å². The molecule has 20 heavy (non-hydrogen) atoms. The molecule has 0 bridgehead atoms. The van der Waals surface area contributed by atoms with Crippen molar-refractivity contribution in [1.29, 1.82) is 0 Å². The summed E-state index contributed by atoms with van der Waals surface area (Å²) >= 11 is 1.76. The van der Waals surface area contributed by atoms with Crippen molar-refractivity contribution >= 4 is 22.8 Å². The van der Waals surface area contributed by atoms with Crippen LogP contribution in [0.25, 0.3) is 5.70 Å². The summed E-state index contributed by atoms with van der Waals surface area (Å²) in [5.41, 5.74) is 2.81. The molecular formula is C17H17NOS. The highest BCUT2D eigenvalue weighted by Gasteiger charge is 2.28. The van der Waals surface area contributed by atoms with Crippen LogP contribution in [0.4, 0.5) is 0 Å². The molecule has 1 N–H and O–H groups in total. The summed E-state index contributed by atoms with van der Waals surface area (Å²) in [5.74, 6) is 0.0444. The smallest absolute Gasteiger partial charge is 0.187 e. The molecule has 102 valence electrons. The van der Waals surface area contributed by atoms with Crippen molar-refractivity contribution in [2.24, 2.45) is 0 Å². The third kappa shape index (κ3) is 2.54. The summed E-state index contributed by atoms with van der Waals surface area (Å²) in [7, 11) is 0. The minimum Gasteiger partial charge on any atom is -0.379 e. The highest BCUT2D eigenvalue weighted by molar-refractivity contribution is 7.10. The summed E-state index contributed by atoms with van der Waals surface area (Å²) in [4.78, 5) is 13.7. The van der Waals surface area contributed by atoms with E-state index in [0.29, 0.717) is 0 Å². The Morgan fingerprint density at radius 1 is 1.25 bits per heavy atom. The van der Waals surface area contributed by atoms with Gasteiger partial charge in [-0.25, -0.2) is 0 Å². The fraction of sp³-hybridized carbons (Fsp3) is 0.235. The number of fused-ring (bicyclic) bond motifs is 1. The normalized spacial score (nSPS) is 18.4. The van der Waals surface area contributed by atoms with Crippen molar-refractivity contribution in [3.05, 3.63) is 63.9 Å². The van der Waals surface area contributed by atoms with Gasteiger partial charge in [-0.1, -0.05) is 30.3 Å². The van der Waals surface area contributed by atoms with E-state index in [1.807, 2.05) is 30.3 Å². The summed E-state index contributed by atoms with van der Waals surface area (Å²) < 4.78 is 0. The second-order valence-electron chi connectivity index (χ2n) is 5.73. The fourth-order valence-corrected chi connectivity index (χ4v) is 3.64. The van der Waals surface area contributed by atoms with E-state index >= 15 is 0 Å². The van der Waals surface area contributed by atoms with Crippen molar-refractivity contribution in [2.45, 2.75) is 25.8 Å². The van der Waals surface area contributed by atoms with Crippen LogP contribution in [0, 0.1) is 0 Å². The summed E-state index contributed by atoms with van der Waals surface area (Å²) in [6.45, 7) is 4.33. The van der Waals surface area contributed by atoms with Crippen LogP contribution in [0.1, 0.15) is 34.6 Å².